The number of ether oxygens (including phenoxy) is 2. The molecule has 30 heavy (non-hydrogen) atoms. The van der Waals surface area contributed by atoms with E-state index in [-0.39, 0.29) is 49.7 Å². The van der Waals surface area contributed by atoms with Crippen LogP contribution in [0, 0.1) is 0 Å². The molecule has 2 aromatic carbocycles. The number of benzene rings is 2. The standard InChI is InChI=1S/C20H21N3O6S/c1-14(24)21-16-3-5-17(6-4-16)30(26,27)23-10-8-22(9-11-23)20(25)15-2-7-18-19(12-15)29-13-28-18/h2-7,12H,8-11,13H2,1H3,(H,21,24). The summed E-state index contributed by atoms with van der Waals surface area (Å²) in [6, 6.07) is 11.0. The molecule has 2 aliphatic rings. The van der Waals surface area contributed by atoms with Crippen molar-refractivity contribution in [2.24, 2.45) is 0 Å². The lowest BCUT2D eigenvalue weighted by molar-refractivity contribution is -0.114. The van der Waals surface area contributed by atoms with Gasteiger partial charge < -0.3 is 19.7 Å². The summed E-state index contributed by atoms with van der Waals surface area (Å²) < 4.78 is 37.7. The first kappa shape index (κ1) is 20.2. The first-order valence-electron chi connectivity index (χ1n) is 9.41. The maximum atomic E-state index is 12.9. The van der Waals surface area contributed by atoms with Crippen molar-refractivity contribution in [3.05, 3.63) is 48.0 Å². The molecule has 0 aliphatic carbocycles. The predicted octanol–water partition coefficient (Wildman–Crippen LogP) is 1.52. The highest BCUT2D eigenvalue weighted by atomic mass is 32.2. The second-order valence-electron chi connectivity index (χ2n) is 6.97. The second-order valence-corrected chi connectivity index (χ2v) is 8.91. The summed E-state index contributed by atoms with van der Waals surface area (Å²) >= 11 is 0. The smallest absolute Gasteiger partial charge is 0.254 e. The summed E-state index contributed by atoms with van der Waals surface area (Å²) in [4.78, 5) is 25.7. The van der Waals surface area contributed by atoms with E-state index in [0.29, 0.717) is 22.7 Å². The average molecular weight is 431 g/mol. The lowest BCUT2D eigenvalue weighted by Gasteiger charge is -2.34. The van der Waals surface area contributed by atoms with Crippen molar-refractivity contribution in [2.75, 3.05) is 38.3 Å². The van der Waals surface area contributed by atoms with Gasteiger partial charge in [-0.2, -0.15) is 4.31 Å². The first-order chi connectivity index (χ1) is 14.3. The largest absolute Gasteiger partial charge is 0.454 e. The van der Waals surface area contributed by atoms with Gasteiger partial charge in [-0.15, -0.1) is 0 Å². The summed E-state index contributed by atoms with van der Waals surface area (Å²) in [5.41, 5.74) is 1.00. The van der Waals surface area contributed by atoms with Crippen molar-refractivity contribution in [2.45, 2.75) is 11.8 Å². The molecule has 0 atom stereocenters. The molecular weight excluding hydrogens is 410 g/mol. The number of rotatable bonds is 4. The van der Waals surface area contributed by atoms with Gasteiger partial charge in [0.15, 0.2) is 11.5 Å². The van der Waals surface area contributed by atoms with Gasteiger partial charge in [-0.05, 0) is 42.5 Å². The summed E-state index contributed by atoms with van der Waals surface area (Å²) in [6.45, 7) is 2.50. The fraction of sp³-hybridized carbons (Fsp3) is 0.300. The molecule has 9 nitrogen and oxygen atoms in total. The van der Waals surface area contributed by atoms with E-state index in [0.717, 1.165) is 0 Å². The molecule has 0 radical (unpaired) electrons. The van der Waals surface area contributed by atoms with E-state index in [9.17, 15) is 18.0 Å². The summed E-state index contributed by atoms with van der Waals surface area (Å²) in [5, 5.41) is 2.60. The molecule has 0 bridgehead atoms. The summed E-state index contributed by atoms with van der Waals surface area (Å²) in [6.07, 6.45) is 0. The molecule has 2 heterocycles. The van der Waals surface area contributed by atoms with E-state index in [4.69, 9.17) is 9.47 Å². The number of fused-ring (bicyclic) bond motifs is 1. The molecule has 2 aliphatic heterocycles. The molecule has 0 unspecified atom stereocenters. The molecule has 0 saturated carbocycles. The Labute approximate surface area is 174 Å². The highest BCUT2D eigenvalue weighted by Crippen LogP contribution is 2.33. The lowest BCUT2D eigenvalue weighted by atomic mass is 10.1. The molecule has 1 saturated heterocycles. The van der Waals surface area contributed by atoms with Gasteiger partial charge in [0.25, 0.3) is 5.91 Å². The van der Waals surface area contributed by atoms with E-state index >= 15 is 0 Å². The van der Waals surface area contributed by atoms with Crippen LogP contribution in [0.4, 0.5) is 5.69 Å². The molecule has 2 aromatic rings. The Balaban J connectivity index is 1.41. The van der Waals surface area contributed by atoms with E-state index < -0.39 is 10.0 Å². The van der Waals surface area contributed by atoms with Crippen LogP contribution in [0.15, 0.2) is 47.4 Å². The van der Waals surface area contributed by atoms with E-state index in [1.54, 1.807) is 35.2 Å². The molecule has 10 heteroatoms. The van der Waals surface area contributed by atoms with Crippen LogP contribution in [0.25, 0.3) is 0 Å². The summed E-state index contributed by atoms with van der Waals surface area (Å²) in [5.74, 6) is 0.732. The van der Waals surface area contributed by atoms with Crippen molar-refractivity contribution < 1.29 is 27.5 Å². The number of sulfonamides is 1. The van der Waals surface area contributed by atoms with E-state index in [1.807, 2.05) is 0 Å². The third-order valence-electron chi connectivity index (χ3n) is 4.96. The van der Waals surface area contributed by atoms with Crippen LogP contribution in [0.3, 0.4) is 0 Å². The second kappa shape index (κ2) is 7.96. The molecule has 2 amide bonds. The highest BCUT2D eigenvalue weighted by Gasteiger charge is 2.31. The number of hydrogen-bond acceptors (Lipinski definition) is 6. The van der Waals surface area contributed by atoms with Crippen LogP contribution in [0.2, 0.25) is 0 Å². The molecule has 0 spiro atoms. The summed E-state index contributed by atoms with van der Waals surface area (Å²) in [7, 11) is -3.68. The van der Waals surface area contributed by atoms with Gasteiger partial charge >= 0.3 is 0 Å². The minimum absolute atomic E-state index is 0.134. The van der Waals surface area contributed by atoms with Gasteiger partial charge in [-0.1, -0.05) is 0 Å². The van der Waals surface area contributed by atoms with Crippen molar-refractivity contribution in [1.29, 1.82) is 0 Å². The fourth-order valence-corrected chi connectivity index (χ4v) is 4.83. The van der Waals surface area contributed by atoms with Gasteiger partial charge in [0.1, 0.15) is 0 Å². The average Bonchev–Trinajstić information content (AvgIpc) is 3.21. The number of nitrogens with one attached hydrogen (secondary N) is 1. The monoisotopic (exact) mass is 431 g/mol. The third kappa shape index (κ3) is 3.96. The quantitative estimate of drug-likeness (QED) is 0.787. The molecule has 1 fully saturated rings. The Morgan fingerprint density at radius 3 is 2.27 bits per heavy atom. The number of piperazine rings is 1. The Kier molecular flexibility index (Phi) is 5.35. The van der Waals surface area contributed by atoms with Crippen molar-refractivity contribution >= 4 is 27.5 Å². The minimum Gasteiger partial charge on any atom is -0.454 e. The van der Waals surface area contributed by atoms with E-state index in [1.165, 1.54) is 23.4 Å². The SMILES string of the molecule is CC(=O)Nc1ccc(S(=O)(=O)N2CCN(C(=O)c3ccc4c(c3)OCO4)CC2)cc1. The Morgan fingerprint density at radius 1 is 0.933 bits per heavy atom. The number of carbonyl (C=O) groups is 2. The third-order valence-corrected chi connectivity index (χ3v) is 6.87. The Morgan fingerprint density at radius 2 is 1.60 bits per heavy atom. The van der Waals surface area contributed by atoms with Crippen LogP contribution < -0.4 is 14.8 Å². The predicted molar refractivity (Wildman–Crippen MR) is 108 cm³/mol. The van der Waals surface area contributed by atoms with Gasteiger partial charge in [-0.25, -0.2) is 8.42 Å². The molecular formula is C20H21N3O6S. The maximum absolute atomic E-state index is 12.9. The number of amides is 2. The van der Waals surface area contributed by atoms with E-state index in [2.05, 4.69) is 5.32 Å². The lowest BCUT2D eigenvalue weighted by Crippen LogP contribution is -2.50. The van der Waals surface area contributed by atoms with Crippen LogP contribution in [0.1, 0.15) is 17.3 Å². The van der Waals surface area contributed by atoms with Crippen molar-refractivity contribution in [1.82, 2.24) is 9.21 Å². The zero-order valence-corrected chi connectivity index (χ0v) is 17.1. The minimum atomic E-state index is -3.68. The zero-order valence-electron chi connectivity index (χ0n) is 16.3. The number of carbonyl (C=O) groups excluding carboxylic acids is 2. The maximum Gasteiger partial charge on any atom is 0.254 e. The normalized spacial score (nSPS) is 16.4. The number of nitrogens with zero attached hydrogens (tertiary/aromatic N) is 2. The topological polar surface area (TPSA) is 105 Å². The number of hydrogen-bond donors (Lipinski definition) is 1. The van der Waals surface area contributed by atoms with Gasteiger partial charge in [0, 0.05) is 44.4 Å². The molecule has 4 rings (SSSR count). The first-order valence-corrected chi connectivity index (χ1v) is 10.9. The number of anilines is 1. The molecule has 0 aromatic heterocycles. The molecule has 1 N–H and O–H groups in total. The van der Waals surface area contributed by atoms with Crippen LogP contribution >= 0.6 is 0 Å². The van der Waals surface area contributed by atoms with Crippen LogP contribution in [-0.2, 0) is 14.8 Å². The van der Waals surface area contributed by atoms with Crippen LogP contribution in [-0.4, -0.2) is 62.4 Å². The van der Waals surface area contributed by atoms with Crippen LogP contribution in [0.5, 0.6) is 11.5 Å². The van der Waals surface area contributed by atoms with Gasteiger partial charge in [0.2, 0.25) is 22.7 Å². The van der Waals surface area contributed by atoms with Crippen molar-refractivity contribution in [3.8, 4) is 11.5 Å². The van der Waals surface area contributed by atoms with Gasteiger partial charge in [0.05, 0.1) is 4.90 Å². The van der Waals surface area contributed by atoms with Crippen molar-refractivity contribution in [3.63, 3.8) is 0 Å². The highest BCUT2D eigenvalue weighted by molar-refractivity contribution is 7.89. The molecule has 158 valence electrons. The van der Waals surface area contributed by atoms with Gasteiger partial charge in [-0.3, -0.25) is 9.59 Å². The Bertz CT molecular complexity index is 1080. The zero-order chi connectivity index (χ0) is 21.3. The fourth-order valence-electron chi connectivity index (χ4n) is 3.41. The Hall–Kier alpha value is -3.11.